The standard InChI is InChI=1S/C38H52F2O8/c1-5-7-9-11-13-15-31-33(21-29(23-35(31)39)45-17-19-47-37(43)27(3)25-41)34-22-30(46-18-20-48-38(44)28(4)26-42)24-36(40)32(34)16-14-12-10-8-6-2/h21-24,41-42H,3-20,25-26H2,1-2H3. The number of carbonyl (C=O) groups excluding carboxylic acids is 2. The van der Waals surface area contributed by atoms with Gasteiger partial charge in [-0.2, -0.15) is 0 Å². The highest BCUT2D eigenvalue weighted by Gasteiger charge is 2.20. The predicted molar refractivity (Wildman–Crippen MR) is 182 cm³/mol. The minimum Gasteiger partial charge on any atom is -0.490 e. The Balaban J connectivity index is 2.46. The van der Waals surface area contributed by atoms with Crippen molar-refractivity contribution in [2.45, 2.75) is 90.9 Å². The van der Waals surface area contributed by atoms with Gasteiger partial charge in [0, 0.05) is 12.1 Å². The molecule has 0 amide bonds. The van der Waals surface area contributed by atoms with Crippen molar-refractivity contribution in [2.75, 3.05) is 39.6 Å². The number of ether oxygens (including phenoxy) is 4. The number of esters is 2. The average Bonchev–Trinajstić information content (AvgIpc) is 3.08. The number of unbranched alkanes of at least 4 members (excludes halogenated alkanes) is 8. The van der Waals surface area contributed by atoms with Gasteiger partial charge in [0.05, 0.1) is 24.4 Å². The van der Waals surface area contributed by atoms with Gasteiger partial charge in [-0.15, -0.1) is 0 Å². The van der Waals surface area contributed by atoms with Crippen molar-refractivity contribution in [3.63, 3.8) is 0 Å². The Bertz CT molecular complexity index is 1240. The molecule has 0 fully saturated rings. The zero-order valence-corrected chi connectivity index (χ0v) is 28.6. The quantitative estimate of drug-likeness (QED) is 0.0630. The molecule has 0 aromatic heterocycles. The number of carbonyl (C=O) groups is 2. The van der Waals surface area contributed by atoms with Crippen molar-refractivity contribution in [1.82, 2.24) is 0 Å². The van der Waals surface area contributed by atoms with E-state index in [-0.39, 0.29) is 49.1 Å². The number of aliphatic hydroxyl groups excluding tert-OH is 2. The molecule has 0 saturated heterocycles. The fourth-order valence-electron chi connectivity index (χ4n) is 5.11. The molecule has 0 bridgehead atoms. The Morgan fingerprint density at radius 1 is 0.604 bits per heavy atom. The Kier molecular flexibility index (Phi) is 19.2. The van der Waals surface area contributed by atoms with Gasteiger partial charge in [-0.3, -0.25) is 0 Å². The number of aliphatic hydroxyl groups is 2. The molecular weight excluding hydrogens is 622 g/mol. The second-order valence-corrected chi connectivity index (χ2v) is 11.7. The number of hydrogen-bond donors (Lipinski definition) is 2. The molecule has 0 unspecified atom stereocenters. The lowest BCUT2D eigenvalue weighted by atomic mass is 9.89. The zero-order chi connectivity index (χ0) is 35.3. The number of rotatable bonds is 25. The minimum atomic E-state index is -0.754. The van der Waals surface area contributed by atoms with Gasteiger partial charge < -0.3 is 29.2 Å². The van der Waals surface area contributed by atoms with E-state index in [4.69, 9.17) is 29.2 Å². The van der Waals surface area contributed by atoms with Crippen LogP contribution in [0.4, 0.5) is 8.78 Å². The van der Waals surface area contributed by atoms with Gasteiger partial charge in [-0.1, -0.05) is 78.4 Å². The van der Waals surface area contributed by atoms with Gasteiger partial charge in [-0.25, -0.2) is 18.4 Å². The van der Waals surface area contributed by atoms with Gasteiger partial charge in [0.25, 0.3) is 0 Å². The maximum absolute atomic E-state index is 15.9. The average molecular weight is 675 g/mol. The first-order chi connectivity index (χ1) is 23.2. The third-order valence-electron chi connectivity index (χ3n) is 7.82. The molecule has 2 aromatic rings. The number of hydrogen-bond acceptors (Lipinski definition) is 8. The molecule has 2 rings (SSSR count). The molecule has 0 aliphatic heterocycles. The van der Waals surface area contributed by atoms with Crippen LogP contribution in [0.15, 0.2) is 48.6 Å². The molecular formula is C38H52F2O8. The Labute approximate surface area is 283 Å². The van der Waals surface area contributed by atoms with Crippen LogP contribution >= 0.6 is 0 Å². The molecule has 0 radical (unpaired) electrons. The molecule has 48 heavy (non-hydrogen) atoms. The van der Waals surface area contributed by atoms with Crippen molar-refractivity contribution in [2.24, 2.45) is 0 Å². The third kappa shape index (κ3) is 13.8. The van der Waals surface area contributed by atoms with Crippen molar-refractivity contribution < 1.29 is 47.5 Å². The van der Waals surface area contributed by atoms with E-state index in [1.165, 1.54) is 12.1 Å². The highest BCUT2D eigenvalue weighted by molar-refractivity contribution is 5.88. The molecule has 0 aliphatic carbocycles. The molecule has 10 heteroatoms. The van der Waals surface area contributed by atoms with Crippen molar-refractivity contribution in [3.8, 4) is 22.6 Å². The van der Waals surface area contributed by atoms with Gasteiger partial charge in [-0.05, 0) is 60.1 Å². The normalized spacial score (nSPS) is 10.9. The summed E-state index contributed by atoms with van der Waals surface area (Å²) in [7, 11) is 0. The fraction of sp³-hybridized carbons (Fsp3) is 0.526. The van der Waals surface area contributed by atoms with Crippen LogP contribution in [0.5, 0.6) is 11.5 Å². The van der Waals surface area contributed by atoms with Crippen LogP contribution in [-0.4, -0.2) is 61.8 Å². The van der Waals surface area contributed by atoms with E-state index in [1.54, 1.807) is 12.1 Å². The van der Waals surface area contributed by atoms with Gasteiger partial charge >= 0.3 is 11.9 Å². The van der Waals surface area contributed by atoms with E-state index >= 15 is 8.78 Å². The summed E-state index contributed by atoms with van der Waals surface area (Å²) in [5.41, 5.74) is 1.70. The van der Waals surface area contributed by atoms with Crippen molar-refractivity contribution in [1.29, 1.82) is 0 Å². The van der Waals surface area contributed by atoms with Crippen LogP contribution in [0.1, 0.15) is 89.2 Å². The summed E-state index contributed by atoms with van der Waals surface area (Å²) < 4.78 is 53.4. The highest BCUT2D eigenvalue weighted by Crippen LogP contribution is 2.38. The smallest absolute Gasteiger partial charge is 0.335 e. The summed E-state index contributed by atoms with van der Waals surface area (Å²) in [6, 6.07) is 5.94. The number of halogens is 2. The molecule has 2 aromatic carbocycles. The molecule has 2 N–H and O–H groups in total. The van der Waals surface area contributed by atoms with E-state index in [0.29, 0.717) is 35.1 Å². The highest BCUT2D eigenvalue weighted by atomic mass is 19.1. The van der Waals surface area contributed by atoms with Crippen LogP contribution in [0.25, 0.3) is 11.1 Å². The maximum Gasteiger partial charge on any atom is 0.335 e. The van der Waals surface area contributed by atoms with E-state index in [2.05, 4.69) is 27.0 Å². The van der Waals surface area contributed by atoms with Crippen LogP contribution in [0.2, 0.25) is 0 Å². The molecule has 0 heterocycles. The molecule has 0 atom stereocenters. The summed E-state index contributed by atoms with van der Waals surface area (Å²) in [5, 5.41) is 18.1. The van der Waals surface area contributed by atoms with E-state index in [0.717, 1.165) is 64.2 Å². The lowest BCUT2D eigenvalue weighted by molar-refractivity contribution is -0.141. The number of benzene rings is 2. The summed E-state index contributed by atoms with van der Waals surface area (Å²) in [6.07, 6.45) is 10.7. The van der Waals surface area contributed by atoms with Crippen LogP contribution in [-0.2, 0) is 31.9 Å². The molecule has 266 valence electrons. The second-order valence-electron chi connectivity index (χ2n) is 11.7. The zero-order valence-electron chi connectivity index (χ0n) is 28.6. The molecule has 8 nitrogen and oxygen atoms in total. The van der Waals surface area contributed by atoms with Crippen molar-refractivity contribution >= 4 is 11.9 Å². The molecule has 0 saturated carbocycles. The van der Waals surface area contributed by atoms with Gasteiger partial charge in [0.2, 0.25) is 0 Å². The van der Waals surface area contributed by atoms with E-state index in [9.17, 15) is 9.59 Å². The topological polar surface area (TPSA) is 112 Å². The van der Waals surface area contributed by atoms with Crippen LogP contribution in [0.3, 0.4) is 0 Å². The monoisotopic (exact) mass is 674 g/mol. The van der Waals surface area contributed by atoms with Crippen molar-refractivity contribution in [3.05, 3.63) is 71.3 Å². The largest absolute Gasteiger partial charge is 0.490 e. The second kappa shape index (κ2) is 22.7. The minimum absolute atomic E-state index is 0.0804. The van der Waals surface area contributed by atoms with Crippen LogP contribution in [0, 0.1) is 11.6 Å². The molecule has 0 aliphatic rings. The third-order valence-corrected chi connectivity index (χ3v) is 7.82. The summed E-state index contributed by atoms with van der Waals surface area (Å²) in [4.78, 5) is 23.6. The maximum atomic E-state index is 15.9. The Morgan fingerprint density at radius 2 is 0.979 bits per heavy atom. The van der Waals surface area contributed by atoms with E-state index < -0.39 is 36.8 Å². The van der Waals surface area contributed by atoms with Gasteiger partial charge in [0.15, 0.2) is 0 Å². The first-order valence-corrected chi connectivity index (χ1v) is 17.0. The summed E-state index contributed by atoms with van der Waals surface area (Å²) >= 11 is 0. The first-order valence-electron chi connectivity index (χ1n) is 17.0. The fourth-order valence-corrected chi connectivity index (χ4v) is 5.11. The predicted octanol–water partition coefficient (Wildman–Crippen LogP) is 7.60. The van der Waals surface area contributed by atoms with Crippen LogP contribution < -0.4 is 9.47 Å². The summed E-state index contributed by atoms with van der Waals surface area (Å²) in [6.45, 7) is 9.60. The first kappa shape index (κ1) is 40.4. The lowest BCUT2D eigenvalue weighted by Crippen LogP contribution is -2.15. The Morgan fingerprint density at radius 3 is 1.33 bits per heavy atom. The van der Waals surface area contributed by atoms with Gasteiger partial charge in [0.1, 0.15) is 49.6 Å². The summed E-state index contributed by atoms with van der Waals surface area (Å²) in [5.74, 6) is -2.11. The lowest BCUT2D eigenvalue weighted by Gasteiger charge is -2.19. The Hall–Kier alpha value is -3.76. The molecule has 0 spiro atoms. The SMILES string of the molecule is C=C(CO)C(=O)OCCOc1cc(F)c(CCCCCCC)c(-c2cc(OCCOC(=O)C(=C)CO)cc(F)c2CCCCCCC)c1. The van der Waals surface area contributed by atoms with E-state index in [1.807, 2.05) is 0 Å².